The third-order valence-electron chi connectivity index (χ3n) is 5.33. The first-order valence-electron chi connectivity index (χ1n) is 8.83. The number of hydrogen-bond donors (Lipinski definition) is 1. The largest absolute Gasteiger partial charge is 0.322 e. The first-order valence-corrected chi connectivity index (χ1v) is 10.7. The van der Waals surface area contributed by atoms with Crippen LogP contribution >= 0.6 is 0 Å². The second-order valence-electron chi connectivity index (χ2n) is 7.05. The lowest BCUT2D eigenvalue weighted by molar-refractivity contribution is 0.121. The number of piperazine rings is 1. The van der Waals surface area contributed by atoms with Crippen LogP contribution in [0.15, 0.2) is 24.4 Å². The zero-order valence-electron chi connectivity index (χ0n) is 14.8. The molecule has 2 saturated heterocycles. The molecule has 2 aromatic rings. The SMILES string of the molecule is Cn1ncc2ccc(NC(=O)N3CCN(C4CCS(=O)(=O)C4)CC3)cc21. The van der Waals surface area contributed by atoms with Crippen LogP contribution in [0, 0.1) is 0 Å². The first kappa shape index (κ1) is 17.3. The van der Waals surface area contributed by atoms with E-state index in [0.717, 1.165) is 16.6 Å². The number of nitrogens with one attached hydrogen (secondary N) is 1. The van der Waals surface area contributed by atoms with Crippen LogP contribution in [0.1, 0.15) is 6.42 Å². The van der Waals surface area contributed by atoms with Gasteiger partial charge in [0.05, 0.1) is 23.2 Å². The van der Waals surface area contributed by atoms with E-state index in [4.69, 9.17) is 0 Å². The monoisotopic (exact) mass is 377 g/mol. The molecule has 1 aromatic heterocycles. The van der Waals surface area contributed by atoms with Crippen molar-refractivity contribution >= 4 is 32.5 Å². The first-order chi connectivity index (χ1) is 12.4. The number of urea groups is 1. The number of hydrogen-bond acceptors (Lipinski definition) is 5. The lowest BCUT2D eigenvalue weighted by Crippen LogP contribution is -2.53. The van der Waals surface area contributed by atoms with Crippen LogP contribution in [0.4, 0.5) is 10.5 Å². The van der Waals surface area contributed by atoms with Gasteiger partial charge in [-0.1, -0.05) is 0 Å². The van der Waals surface area contributed by atoms with Gasteiger partial charge in [0.15, 0.2) is 9.84 Å². The van der Waals surface area contributed by atoms with Crippen LogP contribution < -0.4 is 5.32 Å². The lowest BCUT2D eigenvalue weighted by atomic mass is 10.2. The molecule has 0 aliphatic carbocycles. The van der Waals surface area contributed by atoms with E-state index < -0.39 is 9.84 Å². The third kappa shape index (κ3) is 3.41. The summed E-state index contributed by atoms with van der Waals surface area (Å²) in [4.78, 5) is 16.5. The van der Waals surface area contributed by atoms with Crippen molar-refractivity contribution in [2.24, 2.45) is 7.05 Å². The van der Waals surface area contributed by atoms with Gasteiger partial charge >= 0.3 is 6.03 Å². The molecule has 0 radical (unpaired) electrons. The number of aromatic nitrogens is 2. The Morgan fingerprint density at radius 3 is 2.69 bits per heavy atom. The molecule has 26 heavy (non-hydrogen) atoms. The highest BCUT2D eigenvalue weighted by atomic mass is 32.2. The van der Waals surface area contributed by atoms with Gasteiger partial charge in [-0.15, -0.1) is 0 Å². The summed E-state index contributed by atoms with van der Waals surface area (Å²) in [6.07, 6.45) is 2.50. The molecule has 1 unspecified atom stereocenters. The maximum Gasteiger partial charge on any atom is 0.321 e. The van der Waals surface area contributed by atoms with Gasteiger partial charge in [-0.25, -0.2) is 13.2 Å². The summed E-state index contributed by atoms with van der Waals surface area (Å²) in [5.74, 6) is 0.540. The van der Waals surface area contributed by atoms with Crippen molar-refractivity contribution in [3.05, 3.63) is 24.4 Å². The number of carbonyl (C=O) groups excluding carboxylic acids is 1. The fraction of sp³-hybridized carbons (Fsp3) is 0.529. The number of carbonyl (C=O) groups is 1. The molecule has 0 bridgehead atoms. The van der Waals surface area contributed by atoms with Gasteiger partial charge in [-0.05, 0) is 24.6 Å². The van der Waals surface area contributed by atoms with Gasteiger partial charge in [0.25, 0.3) is 0 Å². The van der Waals surface area contributed by atoms with E-state index in [9.17, 15) is 13.2 Å². The number of aryl methyl sites for hydroxylation is 1. The molecule has 1 N–H and O–H groups in total. The fourth-order valence-corrected chi connectivity index (χ4v) is 5.54. The molecule has 0 saturated carbocycles. The standard InChI is InChI=1S/C17H23N5O3S/c1-20-16-10-14(3-2-13(16)11-18-20)19-17(23)22-7-5-21(6-8-22)15-4-9-26(24,25)12-15/h2-3,10-11,15H,4-9,12H2,1H3,(H,19,23). The molecule has 0 spiro atoms. The van der Waals surface area contributed by atoms with Crippen molar-refractivity contribution in [1.82, 2.24) is 19.6 Å². The summed E-state index contributed by atoms with van der Waals surface area (Å²) in [7, 11) is -1.00. The average Bonchev–Trinajstić information content (AvgIpc) is 3.17. The van der Waals surface area contributed by atoms with Crippen molar-refractivity contribution in [2.75, 3.05) is 43.0 Å². The Balaban J connectivity index is 1.35. The van der Waals surface area contributed by atoms with Crippen LogP contribution in [0.25, 0.3) is 10.9 Å². The molecule has 2 aliphatic heterocycles. The number of rotatable bonds is 2. The molecule has 4 rings (SSSR count). The van der Waals surface area contributed by atoms with Gasteiger partial charge in [0, 0.05) is 50.3 Å². The number of anilines is 1. The Bertz CT molecular complexity index is 931. The number of amides is 2. The quantitative estimate of drug-likeness (QED) is 0.841. The maximum absolute atomic E-state index is 12.5. The summed E-state index contributed by atoms with van der Waals surface area (Å²) < 4.78 is 25.1. The fourth-order valence-electron chi connectivity index (χ4n) is 3.78. The predicted molar refractivity (Wildman–Crippen MR) is 99.9 cm³/mol. The molecule has 8 nitrogen and oxygen atoms in total. The molecule has 2 aliphatic rings. The van der Waals surface area contributed by atoms with Gasteiger partial charge in [0.2, 0.25) is 0 Å². The van der Waals surface area contributed by atoms with Gasteiger partial charge < -0.3 is 10.2 Å². The van der Waals surface area contributed by atoms with Crippen molar-refractivity contribution in [3.8, 4) is 0 Å². The summed E-state index contributed by atoms with van der Waals surface area (Å²) >= 11 is 0. The van der Waals surface area contributed by atoms with Gasteiger partial charge in [0.1, 0.15) is 0 Å². The molecular weight excluding hydrogens is 354 g/mol. The van der Waals surface area contributed by atoms with Crippen LogP contribution in [-0.4, -0.2) is 77.8 Å². The highest BCUT2D eigenvalue weighted by Crippen LogP contribution is 2.21. The van der Waals surface area contributed by atoms with Crippen molar-refractivity contribution in [2.45, 2.75) is 12.5 Å². The normalized spacial score (nSPS) is 23.4. The molecule has 2 amide bonds. The van der Waals surface area contributed by atoms with E-state index in [1.54, 1.807) is 15.8 Å². The van der Waals surface area contributed by atoms with Crippen LogP contribution in [0.5, 0.6) is 0 Å². The summed E-state index contributed by atoms with van der Waals surface area (Å²) in [6, 6.07) is 5.72. The second kappa shape index (κ2) is 6.55. The summed E-state index contributed by atoms with van der Waals surface area (Å²) in [5, 5.41) is 8.19. The molecule has 140 valence electrons. The lowest BCUT2D eigenvalue weighted by Gasteiger charge is -2.37. The summed E-state index contributed by atoms with van der Waals surface area (Å²) in [6.45, 7) is 2.65. The van der Waals surface area contributed by atoms with Crippen LogP contribution in [0.3, 0.4) is 0 Å². The molecule has 3 heterocycles. The Morgan fingerprint density at radius 1 is 1.23 bits per heavy atom. The van der Waals surface area contributed by atoms with Gasteiger partial charge in [-0.3, -0.25) is 9.58 Å². The predicted octanol–water partition coefficient (Wildman–Crippen LogP) is 0.910. The topological polar surface area (TPSA) is 87.5 Å². The van der Waals surface area contributed by atoms with E-state index in [1.807, 2.05) is 25.2 Å². The smallest absolute Gasteiger partial charge is 0.321 e. The maximum atomic E-state index is 12.5. The van der Waals surface area contributed by atoms with E-state index >= 15 is 0 Å². The van der Waals surface area contributed by atoms with Gasteiger partial charge in [-0.2, -0.15) is 5.10 Å². The highest BCUT2D eigenvalue weighted by molar-refractivity contribution is 7.91. The average molecular weight is 377 g/mol. The minimum atomic E-state index is -2.87. The van der Waals surface area contributed by atoms with Crippen LogP contribution in [0.2, 0.25) is 0 Å². The number of nitrogens with zero attached hydrogens (tertiary/aromatic N) is 4. The number of fused-ring (bicyclic) bond motifs is 1. The van der Waals surface area contributed by atoms with E-state index in [1.165, 1.54) is 0 Å². The molecule has 9 heteroatoms. The highest BCUT2D eigenvalue weighted by Gasteiger charge is 2.34. The van der Waals surface area contributed by atoms with Crippen molar-refractivity contribution < 1.29 is 13.2 Å². The van der Waals surface area contributed by atoms with E-state index in [-0.39, 0.29) is 23.6 Å². The van der Waals surface area contributed by atoms with E-state index in [2.05, 4.69) is 15.3 Å². The Morgan fingerprint density at radius 2 is 2.00 bits per heavy atom. The second-order valence-corrected chi connectivity index (χ2v) is 9.28. The zero-order chi connectivity index (χ0) is 18.3. The van der Waals surface area contributed by atoms with Crippen LogP contribution in [-0.2, 0) is 16.9 Å². The van der Waals surface area contributed by atoms with E-state index in [0.29, 0.717) is 32.6 Å². The Labute approximate surface area is 152 Å². The molecule has 2 fully saturated rings. The van der Waals surface area contributed by atoms with Crippen molar-refractivity contribution in [1.29, 1.82) is 0 Å². The number of sulfone groups is 1. The summed E-state index contributed by atoms with van der Waals surface area (Å²) in [5.41, 5.74) is 1.71. The zero-order valence-corrected chi connectivity index (χ0v) is 15.6. The minimum Gasteiger partial charge on any atom is -0.322 e. The molecule has 1 aromatic carbocycles. The number of benzene rings is 1. The Hall–Kier alpha value is -2.13. The third-order valence-corrected chi connectivity index (χ3v) is 7.08. The minimum absolute atomic E-state index is 0.109. The Kier molecular flexibility index (Phi) is 4.36. The molecular formula is C17H23N5O3S. The van der Waals surface area contributed by atoms with Crippen molar-refractivity contribution in [3.63, 3.8) is 0 Å². The molecule has 1 atom stereocenters.